The SMILES string of the molecule is Nc1ncc(-c2cccnc2)nc1-c1ccc(C=O)cc1. The second-order valence-corrected chi connectivity index (χ2v) is 4.47. The predicted molar refractivity (Wildman–Crippen MR) is 80.5 cm³/mol. The second kappa shape index (κ2) is 5.50. The van der Waals surface area contributed by atoms with Crippen molar-refractivity contribution in [2.24, 2.45) is 0 Å². The van der Waals surface area contributed by atoms with Crippen LogP contribution < -0.4 is 5.73 Å². The van der Waals surface area contributed by atoms with Gasteiger partial charge in [-0.1, -0.05) is 24.3 Å². The minimum atomic E-state index is 0.349. The third-order valence-electron chi connectivity index (χ3n) is 3.08. The van der Waals surface area contributed by atoms with Crippen LogP contribution in [0.15, 0.2) is 55.0 Å². The number of hydrogen-bond donors (Lipinski definition) is 1. The molecule has 2 aromatic heterocycles. The highest BCUT2D eigenvalue weighted by Crippen LogP contribution is 2.25. The van der Waals surface area contributed by atoms with Gasteiger partial charge in [-0.3, -0.25) is 9.78 Å². The van der Waals surface area contributed by atoms with Crippen LogP contribution in [0.4, 0.5) is 5.82 Å². The zero-order chi connectivity index (χ0) is 14.7. The van der Waals surface area contributed by atoms with Gasteiger partial charge in [0, 0.05) is 29.1 Å². The van der Waals surface area contributed by atoms with Gasteiger partial charge >= 0.3 is 0 Å². The van der Waals surface area contributed by atoms with E-state index in [1.807, 2.05) is 12.1 Å². The van der Waals surface area contributed by atoms with Crippen molar-refractivity contribution in [1.82, 2.24) is 15.0 Å². The molecule has 5 nitrogen and oxygen atoms in total. The highest BCUT2D eigenvalue weighted by Gasteiger charge is 2.09. The smallest absolute Gasteiger partial charge is 0.150 e. The number of aromatic nitrogens is 3. The van der Waals surface area contributed by atoms with Crippen molar-refractivity contribution in [3.8, 4) is 22.5 Å². The summed E-state index contributed by atoms with van der Waals surface area (Å²) in [4.78, 5) is 23.5. The van der Waals surface area contributed by atoms with E-state index in [4.69, 9.17) is 5.73 Å². The molecule has 5 heteroatoms. The maximum atomic E-state index is 10.7. The zero-order valence-electron chi connectivity index (χ0n) is 11.1. The molecule has 3 aromatic rings. The minimum absolute atomic E-state index is 0.349. The summed E-state index contributed by atoms with van der Waals surface area (Å²) >= 11 is 0. The van der Waals surface area contributed by atoms with E-state index >= 15 is 0 Å². The van der Waals surface area contributed by atoms with Gasteiger partial charge in [-0.15, -0.1) is 0 Å². The Morgan fingerprint density at radius 2 is 1.81 bits per heavy atom. The predicted octanol–water partition coefficient (Wildman–Crippen LogP) is 2.60. The Labute approximate surface area is 121 Å². The van der Waals surface area contributed by atoms with Crippen LogP contribution in [-0.4, -0.2) is 21.2 Å². The molecule has 1 aromatic carbocycles. The molecule has 0 aliphatic rings. The summed E-state index contributed by atoms with van der Waals surface area (Å²) in [6.07, 6.45) is 5.84. The second-order valence-electron chi connectivity index (χ2n) is 4.47. The van der Waals surface area contributed by atoms with Gasteiger partial charge in [0.05, 0.1) is 11.9 Å². The summed E-state index contributed by atoms with van der Waals surface area (Å²) in [6.45, 7) is 0. The maximum Gasteiger partial charge on any atom is 0.150 e. The molecule has 0 amide bonds. The van der Waals surface area contributed by atoms with E-state index in [0.717, 1.165) is 17.4 Å². The van der Waals surface area contributed by atoms with Crippen LogP contribution >= 0.6 is 0 Å². The Kier molecular flexibility index (Phi) is 3.39. The Hall–Kier alpha value is -3.08. The summed E-state index contributed by atoms with van der Waals surface area (Å²) in [5.41, 5.74) is 9.50. The summed E-state index contributed by atoms with van der Waals surface area (Å²) in [5.74, 6) is 0.349. The molecular weight excluding hydrogens is 264 g/mol. The zero-order valence-corrected chi connectivity index (χ0v) is 11.1. The van der Waals surface area contributed by atoms with Gasteiger partial charge in [0.15, 0.2) is 0 Å². The number of anilines is 1. The van der Waals surface area contributed by atoms with Crippen molar-refractivity contribution in [3.63, 3.8) is 0 Å². The lowest BCUT2D eigenvalue weighted by molar-refractivity contribution is 0.112. The van der Waals surface area contributed by atoms with Crippen LogP contribution in [0.25, 0.3) is 22.5 Å². The number of nitrogens with zero attached hydrogens (tertiary/aromatic N) is 3. The normalized spacial score (nSPS) is 10.3. The molecule has 2 N–H and O–H groups in total. The van der Waals surface area contributed by atoms with E-state index in [-0.39, 0.29) is 0 Å². The van der Waals surface area contributed by atoms with Gasteiger partial charge in [0.2, 0.25) is 0 Å². The number of nitrogens with two attached hydrogens (primary N) is 1. The molecule has 0 aliphatic carbocycles. The summed E-state index contributed by atoms with van der Waals surface area (Å²) in [6, 6.07) is 10.8. The van der Waals surface area contributed by atoms with Crippen LogP contribution in [-0.2, 0) is 0 Å². The van der Waals surface area contributed by atoms with Crippen molar-refractivity contribution in [2.45, 2.75) is 0 Å². The van der Waals surface area contributed by atoms with E-state index < -0.39 is 0 Å². The molecule has 3 rings (SSSR count). The highest BCUT2D eigenvalue weighted by atomic mass is 16.1. The van der Waals surface area contributed by atoms with E-state index in [9.17, 15) is 4.79 Å². The lowest BCUT2D eigenvalue weighted by Crippen LogP contribution is -1.99. The maximum absolute atomic E-state index is 10.7. The van der Waals surface area contributed by atoms with Crippen LogP contribution in [0.2, 0.25) is 0 Å². The largest absolute Gasteiger partial charge is 0.382 e. The van der Waals surface area contributed by atoms with Crippen LogP contribution in [0.3, 0.4) is 0 Å². The van der Waals surface area contributed by atoms with Crippen molar-refractivity contribution in [1.29, 1.82) is 0 Å². The molecule has 0 spiro atoms. The average Bonchev–Trinajstić information content (AvgIpc) is 2.56. The standard InChI is InChI=1S/C16H12N4O/c17-16-15(12-5-3-11(10-21)4-6-12)20-14(9-19-16)13-2-1-7-18-8-13/h1-10H,(H2,17,19). The first-order chi connectivity index (χ1) is 10.3. The lowest BCUT2D eigenvalue weighted by Gasteiger charge is -2.07. The third kappa shape index (κ3) is 2.62. The molecule has 0 saturated carbocycles. The molecule has 0 bridgehead atoms. The lowest BCUT2D eigenvalue weighted by atomic mass is 10.1. The quantitative estimate of drug-likeness (QED) is 0.743. The molecule has 0 atom stereocenters. The fourth-order valence-electron chi connectivity index (χ4n) is 1.98. The average molecular weight is 276 g/mol. The number of carbonyl (C=O) groups excluding carboxylic acids is 1. The van der Waals surface area contributed by atoms with Crippen molar-refractivity contribution in [3.05, 3.63) is 60.6 Å². The van der Waals surface area contributed by atoms with Crippen molar-refractivity contribution >= 4 is 12.1 Å². The van der Waals surface area contributed by atoms with Gasteiger partial charge in [-0.05, 0) is 12.1 Å². The Morgan fingerprint density at radius 1 is 1.00 bits per heavy atom. The van der Waals surface area contributed by atoms with Crippen molar-refractivity contribution < 1.29 is 4.79 Å². The molecule has 0 unspecified atom stereocenters. The molecule has 0 radical (unpaired) electrons. The first-order valence-corrected chi connectivity index (χ1v) is 6.36. The first kappa shape index (κ1) is 12.9. The third-order valence-corrected chi connectivity index (χ3v) is 3.08. The van der Waals surface area contributed by atoms with E-state index in [1.165, 1.54) is 0 Å². The molecular formula is C16H12N4O. The number of aldehydes is 1. The molecule has 0 saturated heterocycles. The minimum Gasteiger partial charge on any atom is -0.382 e. The van der Waals surface area contributed by atoms with Crippen molar-refractivity contribution in [2.75, 3.05) is 5.73 Å². The monoisotopic (exact) mass is 276 g/mol. The van der Waals surface area contributed by atoms with Crippen LogP contribution in [0.5, 0.6) is 0 Å². The Morgan fingerprint density at radius 3 is 2.48 bits per heavy atom. The number of nitrogen functional groups attached to an aromatic ring is 1. The Bertz CT molecular complexity index is 770. The Balaban J connectivity index is 2.07. The summed E-state index contributed by atoms with van der Waals surface area (Å²) in [5, 5.41) is 0. The van der Waals surface area contributed by atoms with Gasteiger partial charge in [0.25, 0.3) is 0 Å². The summed E-state index contributed by atoms with van der Waals surface area (Å²) < 4.78 is 0. The number of benzene rings is 1. The fourth-order valence-corrected chi connectivity index (χ4v) is 1.98. The van der Waals surface area contributed by atoms with Crippen LogP contribution in [0, 0.1) is 0 Å². The van der Waals surface area contributed by atoms with Gasteiger partial charge in [0.1, 0.15) is 17.8 Å². The molecule has 102 valence electrons. The molecule has 21 heavy (non-hydrogen) atoms. The fraction of sp³-hybridized carbons (Fsp3) is 0. The molecule has 0 aliphatic heterocycles. The first-order valence-electron chi connectivity index (χ1n) is 6.36. The van der Waals surface area contributed by atoms with E-state index in [0.29, 0.717) is 22.8 Å². The number of carbonyl (C=O) groups is 1. The number of rotatable bonds is 3. The summed E-state index contributed by atoms with van der Waals surface area (Å²) in [7, 11) is 0. The van der Waals surface area contributed by atoms with Crippen LogP contribution in [0.1, 0.15) is 10.4 Å². The highest BCUT2D eigenvalue weighted by molar-refractivity contribution is 5.78. The number of hydrogen-bond acceptors (Lipinski definition) is 5. The molecule has 0 fully saturated rings. The van der Waals surface area contributed by atoms with Gasteiger partial charge < -0.3 is 5.73 Å². The van der Waals surface area contributed by atoms with E-state index in [2.05, 4.69) is 15.0 Å². The van der Waals surface area contributed by atoms with E-state index in [1.54, 1.807) is 42.9 Å². The van der Waals surface area contributed by atoms with Gasteiger partial charge in [-0.2, -0.15) is 0 Å². The van der Waals surface area contributed by atoms with Gasteiger partial charge in [-0.25, -0.2) is 9.97 Å². The molecule has 2 heterocycles. The topological polar surface area (TPSA) is 81.8 Å². The number of pyridine rings is 1.